The van der Waals surface area contributed by atoms with E-state index in [-0.39, 0.29) is 6.10 Å². The molecule has 0 saturated carbocycles. The number of benzene rings is 1. The van der Waals surface area contributed by atoms with Gasteiger partial charge in [0.05, 0.1) is 0 Å². The lowest BCUT2D eigenvalue weighted by Gasteiger charge is -2.09. The van der Waals surface area contributed by atoms with Gasteiger partial charge in [0, 0.05) is 10.6 Å². The van der Waals surface area contributed by atoms with Crippen molar-refractivity contribution in [3.8, 4) is 0 Å². The van der Waals surface area contributed by atoms with Crippen LogP contribution in [0.2, 0.25) is 5.02 Å². The fraction of sp³-hybridized carbons (Fsp3) is 0.222. The first-order valence-corrected chi connectivity index (χ1v) is 3.90. The first kappa shape index (κ1) is 9.07. The lowest BCUT2D eigenvalue weighted by atomic mass is 10.1. The summed E-state index contributed by atoms with van der Waals surface area (Å²) in [5.41, 5.74) is 0.794. The molecule has 12 heavy (non-hydrogen) atoms. The minimum Gasteiger partial charge on any atom is -0.449 e. The smallest absolute Gasteiger partial charge is 0.418 e. The Morgan fingerprint density at radius 2 is 2.17 bits per heavy atom. The third-order valence-corrected chi connectivity index (χ3v) is 1.91. The predicted octanol–water partition coefficient (Wildman–Crippen LogP) is 2.48. The van der Waals surface area contributed by atoms with Crippen LogP contribution in [-0.2, 0) is 9.53 Å². The molecule has 0 aliphatic rings. The average Bonchev–Trinajstić information content (AvgIpc) is 2.05. The molecule has 1 rings (SSSR count). The van der Waals surface area contributed by atoms with E-state index in [1.54, 1.807) is 13.0 Å². The van der Waals surface area contributed by atoms with Gasteiger partial charge in [-0.05, 0) is 13.0 Å². The Labute approximate surface area is 76.1 Å². The Hall–Kier alpha value is -1.02. The van der Waals surface area contributed by atoms with Crippen LogP contribution in [0.4, 0.5) is 0 Å². The Kier molecular flexibility index (Phi) is 3.11. The summed E-state index contributed by atoms with van der Waals surface area (Å²) in [7, 11) is 0. The number of ether oxygens (including phenoxy) is 1. The molecule has 0 amide bonds. The van der Waals surface area contributed by atoms with Gasteiger partial charge in [-0.25, -0.2) is 4.79 Å². The van der Waals surface area contributed by atoms with Gasteiger partial charge in [-0.2, -0.15) is 0 Å². The van der Waals surface area contributed by atoms with Crippen LogP contribution in [0.15, 0.2) is 24.3 Å². The van der Waals surface area contributed by atoms with E-state index in [1.165, 1.54) is 6.47 Å². The highest BCUT2D eigenvalue weighted by atomic mass is 35.5. The number of hydrogen-bond donors (Lipinski definition) is 0. The first-order chi connectivity index (χ1) is 5.75. The summed E-state index contributed by atoms with van der Waals surface area (Å²) in [4.78, 5) is 9.91. The van der Waals surface area contributed by atoms with E-state index in [9.17, 15) is 4.79 Å². The quantitative estimate of drug-likeness (QED) is 0.720. The zero-order valence-electron chi connectivity index (χ0n) is 6.58. The highest BCUT2D eigenvalue weighted by Gasteiger charge is 2.08. The second-order valence-electron chi connectivity index (χ2n) is 2.36. The van der Waals surface area contributed by atoms with Crippen molar-refractivity contribution in [2.24, 2.45) is 0 Å². The van der Waals surface area contributed by atoms with E-state index in [4.69, 9.17) is 11.6 Å². The van der Waals surface area contributed by atoms with Crippen molar-refractivity contribution in [2.45, 2.75) is 13.0 Å². The van der Waals surface area contributed by atoms with Gasteiger partial charge in [0.2, 0.25) is 0 Å². The lowest BCUT2D eigenvalue weighted by molar-refractivity contribution is 0.198. The van der Waals surface area contributed by atoms with E-state index < -0.39 is 0 Å². The van der Waals surface area contributed by atoms with Gasteiger partial charge in [0.1, 0.15) is 6.10 Å². The molecular weight excluding hydrogens is 176 g/mol. The summed E-state index contributed by atoms with van der Waals surface area (Å²) in [5.74, 6) is 0. The Morgan fingerprint density at radius 3 is 2.75 bits per heavy atom. The van der Waals surface area contributed by atoms with Gasteiger partial charge < -0.3 is 4.74 Å². The van der Waals surface area contributed by atoms with Crippen molar-refractivity contribution in [1.82, 2.24) is 0 Å². The SMILES string of the molecule is CC(O[C]=O)c1ccccc1Cl. The predicted molar refractivity (Wildman–Crippen MR) is 46.6 cm³/mol. The molecule has 0 fully saturated rings. The Balaban J connectivity index is 2.86. The van der Waals surface area contributed by atoms with Crippen LogP contribution >= 0.6 is 11.6 Å². The second-order valence-corrected chi connectivity index (χ2v) is 2.77. The maximum Gasteiger partial charge on any atom is 0.418 e. The second kappa shape index (κ2) is 4.12. The molecule has 1 atom stereocenters. The third kappa shape index (κ3) is 1.98. The lowest BCUT2D eigenvalue weighted by Crippen LogP contribution is -1.98. The summed E-state index contributed by atoms with van der Waals surface area (Å²) in [6.45, 7) is 3.13. The third-order valence-electron chi connectivity index (χ3n) is 1.57. The molecule has 0 aliphatic carbocycles. The summed E-state index contributed by atoms with van der Waals surface area (Å²) < 4.78 is 4.62. The molecule has 0 heterocycles. The van der Waals surface area contributed by atoms with Gasteiger partial charge in [-0.15, -0.1) is 0 Å². The maximum absolute atomic E-state index is 9.91. The van der Waals surface area contributed by atoms with Crippen molar-refractivity contribution in [2.75, 3.05) is 0 Å². The fourth-order valence-electron chi connectivity index (χ4n) is 0.940. The Morgan fingerprint density at radius 1 is 1.50 bits per heavy atom. The van der Waals surface area contributed by atoms with E-state index >= 15 is 0 Å². The van der Waals surface area contributed by atoms with Gasteiger partial charge in [-0.1, -0.05) is 29.8 Å². The molecule has 0 aliphatic heterocycles. The van der Waals surface area contributed by atoms with Gasteiger partial charge >= 0.3 is 6.47 Å². The van der Waals surface area contributed by atoms with E-state index in [0.717, 1.165) is 5.56 Å². The molecule has 0 saturated heterocycles. The highest BCUT2D eigenvalue weighted by molar-refractivity contribution is 6.31. The van der Waals surface area contributed by atoms with Crippen molar-refractivity contribution in [1.29, 1.82) is 0 Å². The number of halogens is 1. The molecule has 63 valence electrons. The normalized spacial score (nSPS) is 12.2. The minimum atomic E-state index is -0.337. The fourth-order valence-corrected chi connectivity index (χ4v) is 1.23. The minimum absolute atomic E-state index is 0.337. The van der Waals surface area contributed by atoms with Gasteiger partial charge in [0.25, 0.3) is 0 Å². The zero-order valence-corrected chi connectivity index (χ0v) is 7.34. The van der Waals surface area contributed by atoms with Crippen molar-refractivity contribution >= 4 is 18.1 Å². The zero-order chi connectivity index (χ0) is 8.97. The average molecular weight is 184 g/mol. The number of hydrogen-bond acceptors (Lipinski definition) is 2. The largest absolute Gasteiger partial charge is 0.449 e. The van der Waals surface area contributed by atoms with Crippen LogP contribution in [0.1, 0.15) is 18.6 Å². The van der Waals surface area contributed by atoms with Crippen LogP contribution in [0.5, 0.6) is 0 Å². The molecule has 1 aromatic rings. The molecule has 0 aromatic heterocycles. The summed E-state index contributed by atoms with van der Waals surface area (Å²) >= 11 is 5.85. The summed E-state index contributed by atoms with van der Waals surface area (Å²) in [5, 5.41) is 0.597. The molecule has 1 radical (unpaired) electrons. The van der Waals surface area contributed by atoms with Crippen LogP contribution in [-0.4, -0.2) is 6.47 Å². The molecule has 2 nitrogen and oxygen atoms in total. The Bertz CT molecular complexity index is 273. The molecule has 0 N–H and O–H groups in total. The van der Waals surface area contributed by atoms with Crippen LogP contribution in [0.3, 0.4) is 0 Å². The molecule has 0 bridgehead atoms. The standard InChI is InChI=1S/C9H8ClO2/c1-7(12-6-11)8-4-2-3-5-9(8)10/h2-5,7H,1H3. The van der Waals surface area contributed by atoms with E-state index in [1.807, 2.05) is 18.2 Å². The van der Waals surface area contributed by atoms with Crippen molar-refractivity contribution < 1.29 is 9.53 Å². The van der Waals surface area contributed by atoms with Crippen LogP contribution < -0.4 is 0 Å². The first-order valence-electron chi connectivity index (χ1n) is 3.53. The van der Waals surface area contributed by atoms with Crippen LogP contribution in [0.25, 0.3) is 0 Å². The monoisotopic (exact) mass is 183 g/mol. The van der Waals surface area contributed by atoms with Gasteiger partial charge in [0.15, 0.2) is 0 Å². The van der Waals surface area contributed by atoms with Crippen LogP contribution in [0, 0.1) is 0 Å². The topological polar surface area (TPSA) is 26.3 Å². The summed E-state index contributed by atoms with van der Waals surface area (Å²) in [6.07, 6.45) is -0.337. The number of carbonyl (C=O) groups excluding carboxylic acids is 1. The number of rotatable bonds is 3. The maximum atomic E-state index is 9.91. The highest BCUT2D eigenvalue weighted by Crippen LogP contribution is 2.23. The molecular formula is C9H8ClO2. The van der Waals surface area contributed by atoms with Crippen molar-refractivity contribution in [3.05, 3.63) is 34.9 Å². The molecule has 3 heteroatoms. The molecule has 1 aromatic carbocycles. The molecule has 0 spiro atoms. The summed E-state index contributed by atoms with van der Waals surface area (Å²) in [6, 6.07) is 7.22. The molecule has 1 unspecified atom stereocenters. The van der Waals surface area contributed by atoms with Gasteiger partial charge in [-0.3, -0.25) is 0 Å². The van der Waals surface area contributed by atoms with E-state index in [0.29, 0.717) is 5.02 Å². The van der Waals surface area contributed by atoms with Crippen molar-refractivity contribution in [3.63, 3.8) is 0 Å². The van der Waals surface area contributed by atoms with E-state index in [2.05, 4.69) is 4.74 Å².